The number of anilines is 1. The fourth-order valence-electron chi connectivity index (χ4n) is 2.75. The van der Waals surface area contributed by atoms with E-state index < -0.39 is 12.0 Å². The average Bonchev–Trinajstić information content (AvgIpc) is 2.99. The molecule has 7 nitrogen and oxygen atoms in total. The van der Waals surface area contributed by atoms with E-state index in [1.807, 2.05) is 27.8 Å². The van der Waals surface area contributed by atoms with Crippen molar-refractivity contribution in [2.75, 3.05) is 5.32 Å². The number of alkyl halides is 3. The molecule has 0 aliphatic rings. The fraction of sp³-hybridized carbons (Fsp3) is 0.429. The Morgan fingerprint density at radius 2 is 1.83 bits per heavy atom. The summed E-state index contributed by atoms with van der Waals surface area (Å²) in [6.45, 7) is 5.73. The molecule has 3 aromatic rings. The van der Waals surface area contributed by atoms with Gasteiger partial charge < -0.3 is 5.32 Å². The Labute approximate surface area is 135 Å². The van der Waals surface area contributed by atoms with E-state index in [0.717, 1.165) is 17.0 Å². The molecular formula is C14H16F3N7. The van der Waals surface area contributed by atoms with Crippen molar-refractivity contribution in [1.29, 1.82) is 0 Å². The highest BCUT2D eigenvalue weighted by atomic mass is 19.4. The first kappa shape index (κ1) is 16.2. The number of aromatic nitrogens is 6. The number of nitrogens with one attached hydrogen (secondary N) is 1. The fourth-order valence-corrected chi connectivity index (χ4v) is 2.75. The molecule has 3 aromatic heterocycles. The molecule has 3 rings (SSSR count). The van der Waals surface area contributed by atoms with E-state index in [2.05, 4.69) is 25.7 Å². The van der Waals surface area contributed by atoms with Gasteiger partial charge in [0.2, 0.25) is 0 Å². The van der Waals surface area contributed by atoms with Crippen molar-refractivity contribution < 1.29 is 13.2 Å². The maximum absolute atomic E-state index is 12.9. The number of rotatable bonds is 3. The molecule has 1 atom stereocenters. The third kappa shape index (κ3) is 2.68. The van der Waals surface area contributed by atoms with Gasteiger partial charge in [-0.15, -0.1) is 15.3 Å². The van der Waals surface area contributed by atoms with Crippen LogP contribution in [-0.2, 0) is 13.2 Å². The van der Waals surface area contributed by atoms with Gasteiger partial charge in [0.1, 0.15) is 5.82 Å². The summed E-state index contributed by atoms with van der Waals surface area (Å²) >= 11 is 0. The zero-order valence-electron chi connectivity index (χ0n) is 13.5. The minimum Gasteiger partial charge on any atom is -0.362 e. The molecule has 24 heavy (non-hydrogen) atoms. The lowest BCUT2D eigenvalue weighted by Gasteiger charge is -2.15. The van der Waals surface area contributed by atoms with Crippen LogP contribution in [0.5, 0.6) is 0 Å². The number of hydrogen-bond acceptors (Lipinski definition) is 5. The Bertz CT molecular complexity index is 894. The van der Waals surface area contributed by atoms with Crippen molar-refractivity contribution >= 4 is 11.5 Å². The summed E-state index contributed by atoms with van der Waals surface area (Å²) in [6, 6.07) is 2.84. The molecular weight excluding hydrogens is 323 g/mol. The molecule has 0 saturated heterocycles. The topological polar surface area (TPSA) is 72.9 Å². The van der Waals surface area contributed by atoms with Gasteiger partial charge in [-0.1, -0.05) is 0 Å². The standard InChI is InChI=1S/C14H16F3N7/c1-7(12-8(2)21-23(4)9(12)3)18-10-5-6-11-19-20-13(14(15,16)17)24(11)22-10/h5-7H,1-4H3,(H,18,22)/t7-/m0/s1. The monoisotopic (exact) mass is 339 g/mol. The minimum atomic E-state index is -4.62. The molecule has 1 N–H and O–H groups in total. The van der Waals surface area contributed by atoms with Gasteiger partial charge in [0.05, 0.1) is 11.7 Å². The molecule has 0 aromatic carbocycles. The lowest BCUT2D eigenvalue weighted by atomic mass is 10.1. The average molecular weight is 339 g/mol. The quantitative estimate of drug-likeness (QED) is 0.794. The Balaban J connectivity index is 1.95. The van der Waals surface area contributed by atoms with E-state index in [0.29, 0.717) is 10.3 Å². The predicted octanol–water partition coefficient (Wildman–Crippen LogP) is 2.67. The summed E-state index contributed by atoms with van der Waals surface area (Å²) in [5, 5.41) is 18.1. The van der Waals surface area contributed by atoms with Crippen molar-refractivity contribution in [2.24, 2.45) is 7.05 Å². The third-order valence-electron chi connectivity index (χ3n) is 3.88. The van der Waals surface area contributed by atoms with Crippen molar-refractivity contribution in [3.8, 4) is 0 Å². The van der Waals surface area contributed by atoms with Gasteiger partial charge in [0.15, 0.2) is 5.65 Å². The maximum Gasteiger partial charge on any atom is 0.453 e. The van der Waals surface area contributed by atoms with E-state index in [-0.39, 0.29) is 11.7 Å². The number of fused-ring (bicyclic) bond motifs is 1. The Kier molecular flexibility index (Phi) is 3.69. The molecule has 0 saturated carbocycles. The molecule has 128 valence electrons. The predicted molar refractivity (Wildman–Crippen MR) is 80.5 cm³/mol. The molecule has 0 aliphatic carbocycles. The first-order chi connectivity index (χ1) is 11.2. The molecule has 0 spiro atoms. The van der Waals surface area contributed by atoms with Crippen LogP contribution in [0.3, 0.4) is 0 Å². The summed E-state index contributed by atoms with van der Waals surface area (Å²) in [7, 11) is 1.84. The van der Waals surface area contributed by atoms with Gasteiger partial charge in [0.25, 0.3) is 5.82 Å². The van der Waals surface area contributed by atoms with Gasteiger partial charge in [0, 0.05) is 18.3 Å². The van der Waals surface area contributed by atoms with Crippen molar-refractivity contribution in [2.45, 2.75) is 33.0 Å². The lowest BCUT2D eigenvalue weighted by molar-refractivity contribution is -0.146. The molecule has 0 radical (unpaired) electrons. The van der Waals surface area contributed by atoms with Gasteiger partial charge in [-0.2, -0.15) is 22.8 Å². The van der Waals surface area contributed by atoms with Crippen molar-refractivity contribution in [3.05, 3.63) is 34.9 Å². The summed E-state index contributed by atoms with van der Waals surface area (Å²) < 4.78 is 41.2. The van der Waals surface area contributed by atoms with Crippen LogP contribution >= 0.6 is 0 Å². The van der Waals surface area contributed by atoms with Crippen LogP contribution in [0.2, 0.25) is 0 Å². The number of aryl methyl sites for hydroxylation is 2. The molecule has 0 amide bonds. The largest absolute Gasteiger partial charge is 0.453 e. The first-order valence-electron chi connectivity index (χ1n) is 7.24. The van der Waals surface area contributed by atoms with E-state index in [1.165, 1.54) is 6.07 Å². The normalized spacial score (nSPS) is 13.5. The highest BCUT2D eigenvalue weighted by Gasteiger charge is 2.37. The van der Waals surface area contributed by atoms with Gasteiger partial charge in [-0.3, -0.25) is 4.68 Å². The zero-order valence-corrected chi connectivity index (χ0v) is 13.5. The van der Waals surface area contributed by atoms with Crippen molar-refractivity contribution in [3.63, 3.8) is 0 Å². The smallest absolute Gasteiger partial charge is 0.362 e. The van der Waals surface area contributed by atoms with Crippen LogP contribution in [0.4, 0.5) is 19.0 Å². The van der Waals surface area contributed by atoms with Crippen LogP contribution in [0, 0.1) is 13.8 Å². The summed E-state index contributed by atoms with van der Waals surface area (Å²) in [6.07, 6.45) is -4.62. The molecule has 10 heteroatoms. The molecule has 0 aliphatic heterocycles. The SMILES string of the molecule is Cc1nn(C)c(C)c1[C@H](C)Nc1ccc2nnc(C(F)(F)F)n2n1. The van der Waals surface area contributed by atoms with Gasteiger partial charge in [-0.05, 0) is 32.9 Å². The summed E-state index contributed by atoms with van der Waals surface area (Å²) in [5.74, 6) is -0.856. The Morgan fingerprint density at radius 3 is 2.42 bits per heavy atom. The number of nitrogens with zero attached hydrogens (tertiary/aromatic N) is 6. The maximum atomic E-state index is 12.9. The van der Waals surface area contributed by atoms with Crippen LogP contribution in [0.15, 0.2) is 12.1 Å². The molecule has 3 heterocycles. The zero-order chi connectivity index (χ0) is 17.6. The van der Waals surface area contributed by atoms with E-state index in [4.69, 9.17) is 0 Å². The number of hydrogen-bond donors (Lipinski definition) is 1. The van der Waals surface area contributed by atoms with Crippen molar-refractivity contribution in [1.82, 2.24) is 29.6 Å². The van der Waals surface area contributed by atoms with E-state index in [9.17, 15) is 13.2 Å². The summed E-state index contributed by atoms with van der Waals surface area (Å²) in [4.78, 5) is 0. The third-order valence-corrected chi connectivity index (χ3v) is 3.88. The Hall–Kier alpha value is -2.65. The van der Waals surface area contributed by atoms with Crippen LogP contribution in [0.25, 0.3) is 5.65 Å². The molecule has 0 bridgehead atoms. The van der Waals surface area contributed by atoms with Gasteiger partial charge in [-0.25, -0.2) is 0 Å². The van der Waals surface area contributed by atoms with Crippen LogP contribution < -0.4 is 5.32 Å². The lowest BCUT2D eigenvalue weighted by Crippen LogP contribution is -2.15. The second kappa shape index (κ2) is 5.46. The minimum absolute atomic E-state index is 0.0364. The first-order valence-corrected chi connectivity index (χ1v) is 7.24. The molecule has 0 fully saturated rings. The van der Waals surface area contributed by atoms with Crippen LogP contribution in [-0.4, -0.2) is 29.6 Å². The van der Waals surface area contributed by atoms with Gasteiger partial charge >= 0.3 is 6.18 Å². The second-order valence-electron chi connectivity index (χ2n) is 5.58. The number of halogens is 3. The van der Waals surface area contributed by atoms with E-state index in [1.54, 1.807) is 10.7 Å². The highest BCUT2D eigenvalue weighted by Crippen LogP contribution is 2.28. The van der Waals surface area contributed by atoms with E-state index >= 15 is 0 Å². The van der Waals surface area contributed by atoms with Crippen LogP contribution in [0.1, 0.15) is 35.7 Å². The Morgan fingerprint density at radius 1 is 1.12 bits per heavy atom. The molecule has 0 unspecified atom stereocenters. The second-order valence-corrected chi connectivity index (χ2v) is 5.58. The summed E-state index contributed by atoms with van der Waals surface area (Å²) in [5.41, 5.74) is 2.86. The highest BCUT2D eigenvalue weighted by molar-refractivity contribution is 5.46.